The first kappa shape index (κ1) is 10.5. The Kier molecular flexibility index (Phi) is 3.64. The molecule has 2 rings (SSSR count). The Morgan fingerprint density at radius 3 is 2.67 bits per heavy atom. The van der Waals surface area contributed by atoms with E-state index in [-0.39, 0.29) is 18.2 Å². The monoisotopic (exact) mass is 210 g/mol. The number of allylic oxidation sites excluding steroid dienone is 1. The van der Waals surface area contributed by atoms with Crippen molar-refractivity contribution in [2.75, 3.05) is 0 Å². The zero-order valence-electron chi connectivity index (χ0n) is 8.98. The fourth-order valence-corrected chi connectivity index (χ4v) is 2.13. The van der Waals surface area contributed by atoms with Crippen LogP contribution in [0.3, 0.4) is 0 Å². The summed E-state index contributed by atoms with van der Waals surface area (Å²) in [5.74, 6) is -0.175. The van der Waals surface area contributed by atoms with Gasteiger partial charge in [0.05, 0.1) is 6.26 Å². The molecule has 1 saturated carbocycles. The second kappa shape index (κ2) is 5.19. The van der Waals surface area contributed by atoms with E-state index in [1.807, 2.05) is 6.08 Å². The van der Waals surface area contributed by atoms with Gasteiger partial charge in [0.1, 0.15) is 6.10 Å². The molecule has 0 N–H and O–H groups in total. The van der Waals surface area contributed by atoms with Crippen LogP contribution in [0.25, 0.3) is 0 Å². The van der Waals surface area contributed by atoms with Gasteiger partial charge in [0, 0.05) is 0 Å². The largest absolute Gasteiger partial charge is 0.487 e. The first-order valence-electron chi connectivity index (χ1n) is 5.87. The van der Waals surface area contributed by atoms with Crippen molar-refractivity contribution < 1.29 is 14.3 Å². The van der Waals surface area contributed by atoms with Crippen molar-refractivity contribution in [2.45, 2.75) is 57.2 Å². The van der Waals surface area contributed by atoms with Crippen molar-refractivity contribution >= 4 is 5.97 Å². The normalized spacial score (nSPS) is 27.1. The summed E-state index contributed by atoms with van der Waals surface area (Å²) in [4.78, 5) is 11.7. The van der Waals surface area contributed by atoms with Crippen LogP contribution in [0.4, 0.5) is 0 Å². The molecule has 0 amide bonds. The molecule has 0 spiro atoms. The number of rotatable bonds is 2. The predicted octanol–water partition coefficient (Wildman–Crippen LogP) is 2.56. The minimum atomic E-state index is -0.364. The molecule has 3 heteroatoms. The SMILES string of the molecule is O=C(OC1CCCCC1)[C@H]1CCC=CO1. The van der Waals surface area contributed by atoms with Crippen LogP contribution < -0.4 is 0 Å². The van der Waals surface area contributed by atoms with Crippen molar-refractivity contribution in [3.8, 4) is 0 Å². The third kappa shape index (κ3) is 2.98. The second-order valence-corrected chi connectivity index (χ2v) is 4.27. The molecule has 84 valence electrons. The number of hydrogen-bond acceptors (Lipinski definition) is 3. The van der Waals surface area contributed by atoms with Gasteiger partial charge in [0.2, 0.25) is 0 Å². The lowest BCUT2D eigenvalue weighted by atomic mass is 9.98. The van der Waals surface area contributed by atoms with Crippen LogP contribution in [0.1, 0.15) is 44.9 Å². The minimum absolute atomic E-state index is 0.140. The van der Waals surface area contributed by atoms with Crippen LogP contribution >= 0.6 is 0 Å². The number of ether oxygens (including phenoxy) is 2. The molecule has 1 fully saturated rings. The van der Waals surface area contributed by atoms with E-state index in [4.69, 9.17) is 9.47 Å². The van der Waals surface area contributed by atoms with Crippen LogP contribution in [0.2, 0.25) is 0 Å². The maximum atomic E-state index is 11.7. The van der Waals surface area contributed by atoms with E-state index < -0.39 is 0 Å². The topological polar surface area (TPSA) is 35.5 Å². The van der Waals surface area contributed by atoms with Crippen LogP contribution in [0, 0.1) is 0 Å². The van der Waals surface area contributed by atoms with E-state index in [0.29, 0.717) is 0 Å². The molecule has 0 aromatic carbocycles. The minimum Gasteiger partial charge on any atom is -0.487 e. The van der Waals surface area contributed by atoms with Gasteiger partial charge < -0.3 is 9.47 Å². The van der Waals surface area contributed by atoms with E-state index in [1.54, 1.807) is 6.26 Å². The molecule has 0 aromatic rings. The van der Waals surface area contributed by atoms with E-state index in [2.05, 4.69) is 0 Å². The lowest BCUT2D eigenvalue weighted by molar-refractivity contribution is -0.161. The molecule has 0 saturated heterocycles. The lowest BCUT2D eigenvalue weighted by Gasteiger charge is -2.25. The molecule has 0 bridgehead atoms. The van der Waals surface area contributed by atoms with Gasteiger partial charge in [-0.05, 0) is 44.6 Å². The molecule has 1 aliphatic carbocycles. The molecule has 0 radical (unpaired) electrons. The standard InChI is InChI=1S/C12H18O3/c13-12(11-8-4-5-9-14-11)15-10-6-2-1-3-7-10/h5,9-11H,1-4,6-8H2/t11-/m1/s1. The van der Waals surface area contributed by atoms with Crippen molar-refractivity contribution in [3.05, 3.63) is 12.3 Å². The Labute approximate surface area is 90.4 Å². The maximum Gasteiger partial charge on any atom is 0.347 e. The molecule has 1 atom stereocenters. The summed E-state index contributed by atoms with van der Waals surface area (Å²) >= 11 is 0. The lowest BCUT2D eigenvalue weighted by Crippen LogP contribution is -2.31. The zero-order valence-corrected chi connectivity index (χ0v) is 8.98. The first-order valence-corrected chi connectivity index (χ1v) is 5.87. The quantitative estimate of drug-likeness (QED) is 0.657. The van der Waals surface area contributed by atoms with Crippen molar-refractivity contribution in [1.29, 1.82) is 0 Å². The fraction of sp³-hybridized carbons (Fsp3) is 0.750. The molecule has 2 aliphatic rings. The van der Waals surface area contributed by atoms with Gasteiger partial charge in [-0.3, -0.25) is 0 Å². The van der Waals surface area contributed by atoms with Gasteiger partial charge in [0.15, 0.2) is 6.10 Å². The summed E-state index contributed by atoms with van der Waals surface area (Å²) in [6, 6.07) is 0. The smallest absolute Gasteiger partial charge is 0.347 e. The molecule has 1 aliphatic heterocycles. The molecule has 0 unspecified atom stereocenters. The summed E-state index contributed by atoms with van der Waals surface area (Å²) in [5.41, 5.74) is 0. The summed E-state index contributed by atoms with van der Waals surface area (Å²) < 4.78 is 10.7. The Balaban J connectivity index is 1.77. The third-order valence-corrected chi connectivity index (χ3v) is 3.03. The highest BCUT2D eigenvalue weighted by Gasteiger charge is 2.25. The Morgan fingerprint density at radius 1 is 1.20 bits per heavy atom. The summed E-state index contributed by atoms with van der Waals surface area (Å²) in [6.45, 7) is 0. The van der Waals surface area contributed by atoms with E-state index in [1.165, 1.54) is 19.3 Å². The third-order valence-electron chi connectivity index (χ3n) is 3.03. The highest BCUT2D eigenvalue weighted by atomic mass is 16.6. The van der Waals surface area contributed by atoms with E-state index >= 15 is 0 Å². The highest BCUT2D eigenvalue weighted by Crippen LogP contribution is 2.22. The van der Waals surface area contributed by atoms with Gasteiger partial charge in [-0.1, -0.05) is 6.42 Å². The molecule has 15 heavy (non-hydrogen) atoms. The molecule has 1 heterocycles. The maximum absolute atomic E-state index is 11.7. The Morgan fingerprint density at radius 2 is 2.00 bits per heavy atom. The Bertz CT molecular complexity index is 241. The van der Waals surface area contributed by atoms with Crippen molar-refractivity contribution in [1.82, 2.24) is 0 Å². The average Bonchev–Trinajstić information content (AvgIpc) is 2.31. The number of esters is 1. The summed E-state index contributed by atoms with van der Waals surface area (Å²) in [7, 11) is 0. The number of carbonyl (C=O) groups is 1. The van der Waals surface area contributed by atoms with Crippen LogP contribution in [0.5, 0.6) is 0 Å². The van der Waals surface area contributed by atoms with Crippen LogP contribution in [0.15, 0.2) is 12.3 Å². The highest BCUT2D eigenvalue weighted by molar-refractivity contribution is 5.75. The van der Waals surface area contributed by atoms with Crippen LogP contribution in [-0.4, -0.2) is 18.2 Å². The first-order chi connectivity index (χ1) is 7.36. The van der Waals surface area contributed by atoms with Crippen LogP contribution in [-0.2, 0) is 14.3 Å². The van der Waals surface area contributed by atoms with Crippen molar-refractivity contribution in [2.24, 2.45) is 0 Å². The number of carbonyl (C=O) groups excluding carboxylic acids is 1. The fourth-order valence-electron chi connectivity index (χ4n) is 2.13. The van der Waals surface area contributed by atoms with E-state index in [0.717, 1.165) is 25.7 Å². The second-order valence-electron chi connectivity index (χ2n) is 4.27. The summed E-state index contributed by atoms with van der Waals surface area (Å²) in [5, 5.41) is 0. The predicted molar refractivity (Wildman–Crippen MR) is 56.2 cm³/mol. The van der Waals surface area contributed by atoms with Crippen molar-refractivity contribution in [3.63, 3.8) is 0 Å². The molecular weight excluding hydrogens is 192 g/mol. The zero-order chi connectivity index (χ0) is 10.5. The summed E-state index contributed by atoms with van der Waals surface area (Å²) in [6.07, 6.45) is 10.7. The van der Waals surface area contributed by atoms with Gasteiger partial charge in [-0.15, -0.1) is 0 Å². The molecular formula is C12H18O3. The Hall–Kier alpha value is -0.990. The molecule has 3 nitrogen and oxygen atoms in total. The van der Waals surface area contributed by atoms with E-state index in [9.17, 15) is 4.79 Å². The van der Waals surface area contributed by atoms with Gasteiger partial charge >= 0.3 is 5.97 Å². The van der Waals surface area contributed by atoms with Gasteiger partial charge in [-0.25, -0.2) is 4.79 Å². The molecule has 0 aromatic heterocycles. The number of hydrogen-bond donors (Lipinski definition) is 0. The van der Waals surface area contributed by atoms with Gasteiger partial charge in [0.25, 0.3) is 0 Å². The van der Waals surface area contributed by atoms with Gasteiger partial charge in [-0.2, -0.15) is 0 Å². The average molecular weight is 210 g/mol.